The molecule has 2 unspecified atom stereocenters. The third-order valence-electron chi connectivity index (χ3n) is 5.49. The van der Waals surface area contributed by atoms with Crippen molar-refractivity contribution in [2.75, 3.05) is 13.2 Å². The van der Waals surface area contributed by atoms with E-state index in [1.54, 1.807) is 0 Å². The van der Waals surface area contributed by atoms with Gasteiger partial charge in [-0.05, 0) is 44.9 Å². The van der Waals surface area contributed by atoms with Crippen molar-refractivity contribution in [3.05, 3.63) is 0 Å². The zero-order chi connectivity index (χ0) is 20.1. The van der Waals surface area contributed by atoms with E-state index in [-0.39, 0.29) is 6.29 Å². The second kappa shape index (κ2) is 19.7. The van der Waals surface area contributed by atoms with Crippen LogP contribution in [0.5, 0.6) is 0 Å². The molecule has 1 aliphatic heterocycles. The van der Waals surface area contributed by atoms with Crippen molar-refractivity contribution < 1.29 is 14.6 Å². The summed E-state index contributed by atoms with van der Waals surface area (Å²) in [5.74, 6) is 6.17. The molecule has 1 heterocycles. The smallest absolute Gasteiger partial charge is 0.157 e. The minimum absolute atomic E-state index is 0.0241. The number of hydrogen-bond donors (Lipinski definition) is 1. The highest BCUT2D eigenvalue weighted by Gasteiger charge is 2.13. The van der Waals surface area contributed by atoms with E-state index in [2.05, 4.69) is 18.8 Å². The summed E-state index contributed by atoms with van der Waals surface area (Å²) in [6.45, 7) is 3.88. The second-order valence-electron chi connectivity index (χ2n) is 8.29. The Labute approximate surface area is 175 Å². The molecule has 0 aromatic heterocycles. The molecule has 0 aromatic rings. The minimum Gasteiger partial charge on any atom is -0.380 e. The molecule has 0 saturated carbocycles. The molecular formula is C25H46O3. The van der Waals surface area contributed by atoms with Gasteiger partial charge in [0.1, 0.15) is 6.10 Å². The van der Waals surface area contributed by atoms with E-state index in [1.807, 2.05) is 0 Å². The predicted molar refractivity (Wildman–Crippen MR) is 118 cm³/mol. The number of aliphatic hydroxyl groups excluding tert-OH is 1. The topological polar surface area (TPSA) is 38.7 Å². The van der Waals surface area contributed by atoms with Crippen LogP contribution in [0.15, 0.2) is 0 Å². The Morgan fingerprint density at radius 2 is 1.57 bits per heavy atom. The summed E-state index contributed by atoms with van der Waals surface area (Å²) in [6.07, 6.45) is 21.4. The van der Waals surface area contributed by atoms with Crippen LogP contribution in [-0.2, 0) is 9.47 Å². The van der Waals surface area contributed by atoms with Gasteiger partial charge in [-0.25, -0.2) is 0 Å². The lowest BCUT2D eigenvalue weighted by Gasteiger charge is -2.22. The van der Waals surface area contributed by atoms with Crippen LogP contribution in [0, 0.1) is 11.8 Å². The van der Waals surface area contributed by atoms with Crippen molar-refractivity contribution in [1.82, 2.24) is 0 Å². The maximum atomic E-state index is 9.95. The molecule has 1 N–H and O–H groups in total. The van der Waals surface area contributed by atoms with Crippen LogP contribution < -0.4 is 0 Å². The molecule has 0 spiro atoms. The van der Waals surface area contributed by atoms with Gasteiger partial charge >= 0.3 is 0 Å². The SMILES string of the molecule is CCCCCCCCCCCCC#CC(O)CCCCCOC1CCCCO1. The summed E-state index contributed by atoms with van der Waals surface area (Å²) in [7, 11) is 0. The molecule has 3 heteroatoms. The van der Waals surface area contributed by atoms with E-state index >= 15 is 0 Å². The molecular weight excluding hydrogens is 348 g/mol. The zero-order valence-electron chi connectivity index (χ0n) is 18.6. The van der Waals surface area contributed by atoms with Gasteiger partial charge in [0, 0.05) is 19.6 Å². The van der Waals surface area contributed by atoms with Gasteiger partial charge in [-0.1, -0.05) is 77.1 Å². The Kier molecular flexibility index (Phi) is 18.0. The van der Waals surface area contributed by atoms with E-state index in [0.717, 1.165) is 58.2 Å². The Morgan fingerprint density at radius 1 is 0.893 bits per heavy atom. The highest BCUT2D eigenvalue weighted by Crippen LogP contribution is 2.14. The van der Waals surface area contributed by atoms with E-state index in [4.69, 9.17) is 9.47 Å². The van der Waals surface area contributed by atoms with Crippen LogP contribution in [0.25, 0.3) is 0 Å². The number of aliphatic hydroxyl groups is 1. The van der Waals surface area contributed by atoms with Crippen LogP contribution in [0.2, 0.25) is 0 Å². The van der Waals surface area contributed by atoms with Crippen molar-refractivity contribution in [2.24, 2.45) is 0 Å². The third-order valence-corrected chi connectivity index (χ3v) is 5.49. The molecule has 2 atom stereocenters. The van der Waals surface area contributed by atoms with Gasteiger partial charge in [0.2, 0.25) is 0 Å². The number of rotatable bonds is 17. The van der Waals surface area contributed by atoms with Gasteiger partial charge in [0.25, 0.3) is 0 Å². The van der Waals surface area contributed by atoms with E-state index in [0.29, 0.717) is 0 Å². The quantitative estimate of drug-likeness (QED) is 0.219. The fraction of sp³-hybridized carbons (Fsp3) is 0.920. The molecule has 0 bridgehead atoms. The molecule has 0 radical (unpaired) electrons. The number of hydrogen-bond acceptors (Lipinski definition) is 3. The van der Waals surface area contributed by atoms with Crippen LogP contribution >= 0.6 is 0 Å². The lowest BCUT2D eigenvalue weighted by Crippen LogP contribution is -2.22. The Bertz CT molecular complexity index is 379. The number of unbranched alkanes of at least 4 members (excludes halogenated alkanes) is 12. The molecule has 1 fully saturated rings. The van der Waals surface area contributed by atoms with E-state index in [9.17, 15) is 5.11 Å². The van der Waals surface area contributed by atoms with Gasteiger partial charge in [-0.3, -0.25) is 0 Å². The number of ether oxygens (including phenoxy) is 2. The summed E-state index contributed by atoms with van der Waals surface area (Å²) in [4.78, 5) is 0. The summed E-state index contributed by atoms with van der Waals surface area (Å²) in [5, 5.41) is 9.95. The van der Waals surface area contributed by atoms with Crippen molar-refractivity contribution in [1.29, 1.82) is 0 Å². The minimum atomic E-state index is -0.453. The maximum Gasteiger partial charge on any atom is 0.157 e. The Balaban J connectivity index is 1.80. The summed E-state index contributed by atoms with van der Waals surface area (Å²) in [5.41, 5.74) is 0. The van der Waals surface area contributed by atoms with Crippen LogP contribution in [0.4, 0.5) is 0 Å². The van der Waals surface area contributed by atoms with Gasteiger partial charge in [0.15, 0.2) is 6.29 Å². The first kappa shape index (κ1) is 25.5. The molecule has 0 aromatic carbocycles. The highest BCUT2D eigenvalue weighted by molar-refractivity contribution is 5.04. The lowest BCUT2D eigenvalue weighted by molar-refractivity contribution is -0.162. The van der Waals surface area contributed by atoms with Crippen molar-refractivity contribution >= 4 is 0 Å². The Hall–Kier alpha value is -0.560. The maximum absolute atomic E-state index is 9.95. The molecule has 0 aliphatic carbocycles. The van der Waals surface area contributed by atoms with Crippen LogP contribution in [0.3, 0.4) is 0 Å². The molecule has 1 aliphatic rings. The average Bonchev–Trinajstić information content (AvgIpc) is 2.72. The monoisotopic (exact) mass is 394 g/mol. The second-order valence-corrected chi connectivity index (χ2v) is 8.29. The van der Waals surface area contributed by atoms with E-state index < -0.39 is 6.10 Å². The van der Waals surface area contributed by atoms with Gasteiger partial charge in [-0.15, -0.1) is 5.92 Å². The van der Waals surface area contributed by atoms with Crippen molar-refractivity contribution in [3.8, 4) is 11.8 Å². The summed E-state index contributed by atoms with van der Waals surface area (Å²) in [6, 6.07) is 0. The first-order valence-electron chi connectivity index (χ1n) is 12.2. The Morgan fingerprint density at radius 3 is 2.25 bits per heavy atom. The molecule has 0 amide bonds. The van der Waals surface area contributed by atoms with Gasteiger partial charge in [0.05, 0.1) is 0 Å². The average molecular weight is 395 g/mol. The summed E-state index contributed by atoms with van der Waals surface area (Å²) >= 11 is 0. The molecule has 3 nitrogen and oxygen atoms in total. The van der Waals surface area contributed by atoms with Crippen molar-refractivity contribution in [2.45, 2.75) is 135 Å². The van der Waals surface area contributed by atoms with Crippen LogP contribution in [0.1, 0.15) is 122 Å². The highest BCUT2D eigenvalue weighted by atomic mass is 16.7. The van der Waals surface area contributed by atoms with Gasteiger partial charge in [-0.2, -0.15) is 0 Å². The van der Waals surface area contributed by atoms with E-state index in [1.165, 1.54) is 70.6 Å². The summed E-state index contributed by atoms with van der Waals surface area (Å²) < 4.78 is 11.3. The molecule has 164 valence electrons. The van der Waals surface area contributed by atoms with Crippen LogP contribution in [-0.4, -0.2) is 30.7 Å². The predicted octanol–water partition coefficient (Wildman–Crippen LogP) is 6.77. The molecule has 1 rings (SSSR count). The lowest BCUT2D eigenvalue weighted by atomic mass is 10.1. The first-order chi connectivity index (χ1) is 13.8. The largest absolute Gasteiger partial charge is 0.380 e. The normalized spacial score (nSPS) is 17.9. The third kappa shape index (κ3) is 16.4. The first-order valence-corrected chi connectivity index (χ1v) is 12.2. The van der Waals surface area contributed by atoms with Gasteiger partial charge < -0.3 is 14.6 Å². The zero-order valence-corrected chi connectivity index (χ0v) is 18.6. The molecule has 1 saturated heterocycles. The van der Waals surface area contributed by atoms with Crippen molar-refractivity contribution in [3.63, 3.8) is 0 Å². The fourth-order valence-electron chi connectivity index (χ4n) is 3.64. The fourth-order valence-corrected chi connectivity index (χ4v) is 3.64. The molecule has 28 heavy (non-hydrogen) atoms. The standard InChI is InChI=1S/C25H46O3/c1-2-3-4-5-6-7-8-9-10-11-12-14-19-24(26)20-15-13-17-22-27-25-21-16-18-23-28-25/h24-26H,2-13,15-18,20-23H2,1H3.